The molecule has 4 heteroatoms. The van der Waals surface area contributed by atoms with E-state index in [1.807, 2.05) is 0 Å². The van der Waals surface area contributed by atoms with Crippen molar-refractivity contribution in [2.24, 2.45) is 0 Å². The van der Waals surface area contributed by atoms with Crippen molar-refractivity contribution in [3.05, 3.63) is 35.4 Å². The van der Waals surface area contributed by atoms with Crippen molar-refractivity contribution in [3.63, 3.8) is 0 Å². The van der Waals surface area contributed by atoms with Crippen molar-refractivity contribution in [2.45, 2.75) is 32.2 Å². The van der Waals surface area contributed by atoms with Gasteiger partial charge in [0.2, 0.25) is 0 Å². The first kappa shape index (κ1) is 15.1. The molecule has 2 nitrogen and oxygen atoms in total. The summed E-state index contributed by atoms with van der Waals surface area (Å²) in [5, 5.41) is 3.36. The highest BCUT2D eigenvalue weighted by atomic mass is 19.1. The molecule has 0 spiro atoms. The first-order valence-electron chi connectivity index (χ1n) is 6.33. The maximum atomic E-state index is 13.0. The standard InChI is InChI=1S/C14H21F2NO/c1-3-6-17-14(10-18-2)5-4-11-7-12(15)9-13(16)8-11/h7-9,14,17H,3-6,10H2,1-2H3. The molecule has 0 amide bonds. The number of halogens is 2. The summed E-state index contributed by atoms with van der Waals surface area (Å²) in [6.45, 7) is 3.63. The van der Waals surface area contributed by atoms with Crippen LogP contribution in [0, 0.1) is 11.6 Å². The number of ether oxygens (including phenoxy) is 1. The zero-order valence-corrected chi connectivity index (χ0v) is 11.0. The lowest BCUT2D eigenvalue weighted by Gasteiger charge is -2.17. The Bertz CT molecular complexity index is 337. The van der Waals surface area contributed by atoms with Crippen LogP contribution >= 0.6 is 0 Å². The topological polar surface area (TPSA) is 21.3 Å². The largest absolute Gasteiger partial charge is 0.383 e. The summed E-state index contributed by atoms with van der Waals surface area (Å²) < 4.78 is 31.2. The molecule has 0 aromatic heterocycles. The first-order chi connectivity index (χ1) is 8.65. The Morgan fingerprint density at radius 1 is 1.22 bits per heavy atom. The molecule has 0 fully saturated rings. The van der Waals surface area contributed by atoms with Crippen molar-refractivity contribution in [1.82, 2.24) is 5.32 Å². The second-order valence-corrected chi connectivity index (χ2v) is 4.42. The summed E-state index contributed by atoms with van der Waals surface area (Å²) in [5.41, 5.74) is 0.687. The van der Waals surface area contributed by atoms with Crippen LogP contribution < -0.4 is 5.32 Å². The van der Waals surface area contributed by atoms with E-state index in [1.165, 1.54) is 12.1 Å². The van der Waals surface area contributed by atoms with Crippen LogP contribution in [-0.4, -0.2) is 26.3 Å². The van der Waals surface area contributed by atoms with Crippen molar-refractivity contribution >= 4 is 0 Å². The number of rotatable bonds is 8. The maximum Gasteiger partial charge on any atom is 0.126 e. The van der Waals surface area contributed by atoms with E-state index in [-0.39, 0.29) is 6.04 Å². The lowest BCUT2D eigenvalue weighted by Crippen LogP contribution is -2.34. The molecular formula is C14H21F2NO. The molecule has 0 bridgehead atoms. The van der Waals surface area contributed by atoms with E-state index in [9.17, 15) is 8.78 Å². The average Bonchev–Trinajstić information content (AvgIpc) is 2.31. The SMILES string of the molecule is CCCNC(CCc1cc(F)cc(F)c1)COC. The lowest BCUT2D eigenvalue weighted by molar-refractivity contribution is 0.162. The molecule has 0 aliphatic heterocycles. The number of benzene rings is 1. The van der Waals surface area contributed by atoms with Crippen LogP contribution in [0.5, 0.6) is 0 Å². The Kier molecular flexibility index (Phi) is 6.83. The molecule has 1 unspecified atom stereocenters. The molecule has 0 radical (unpaired) electrons. The maximum absolute atomic E-state index is 13.0. The molecule has 0 aliphatic carbocycles. The van der Waals surface area contributed by atoms with Crippen LogP contribution in [0.15, 0.2) is 18.2 Å². The minimum Gasteiger partial charge on any atom is -0.383 e. The van der Waals surface area contributed by atoms with E-state index >= 15 is 0 Å². The number of hydrogen-bond donors (Lipinski definition) is 1. The molecule has 0 saturated carbocycles. The van der Waals surface area contributed by atoms with Crippen LogP contribution in [0.25, 0.3) is 0 Å². The molecule has 1 rings (SSSR count). The van der Waals surface area contributed by atoms with Gasteiger partial charge in [-0.15, -0.1) is 0 Å². The number of nitrogens with one attached hydrogen (secondary N) is 1. The Labute approximate surface area is 107 Å². The molecule has 1 aromatic rings. The van der Waals surface area contributed by atoms with Crippen LogP contribution in [0.4, 0.5) is 8.78 Å². The van der Waals surface area contributed by atoms with Gasteiger partial charge in [0.05, 0.1) is 6.61 Å². The van der Waals surface area contributed by atoms with E-state index in [0.29, 0.717) is 18.6 Å². The number of methoxy groups -OCH3 is 1. The van der Waals surface area contributed by atoms with Gasteiger partial charge in [0.15, 0.2) is 0 Å². The monoisotopic (exact) mass is 257 g/mol. The Balaban J connectivity index is 2.49. The van der Waals surface area contributed by atoms with E-state index in [1.54, 1.807) is 7.11 Å². The van der Waals surface area contributed by atoms with E-state index in [4.69, 9.17) is 4.74 Å². The third kappa shape index (κ3) is 5.56. The molecular weight excluding hydrogens is 236 g/mol. The highest BCUT2D eigenvalue weighted by Gasteiger charge is 2.08. The molecule has 0 heterocycles. The fourth-order valence-electron chi connectivity index (χ4n) is 1.89. The third-order valence-electron chi connectivity index (χ3n) is 2.75. The van der Waals surface area contributed by atoms with Gasteiger partial charge in [-0.1, -0.05) is 6.92 Å². The smallest absolute Gasteiger partial charge is 0.126 e. The summed E-state index contributed by atoms with van der Waals surface area (Å²) in [6, 6.07) is 3.88. The second kappa shape index (κ2) is 8.16. The van der Waals surface area contributed by atoms with Gasteiger partial charge in [0.1, 0.15) is 11.6 Å². The summed E-state index contributed by atoms with van der Waals surface area (Å²) in [6.07, 6.45) is 2.49. The minimum atomic E-state index is -0.519. The minimum absolute atomic E-state index is 0.223. The summed E-state index contributed by atoms with van der Waals surface area (Å²) >= 11 is 0. The summed E-state index contributed by atoms with van der Waals surface area (Å²) in [4.78, 5) is 0. The summed E-state index contributed by atoms with van der Waals surface area (Å²) in [7, 11) is 1.66. The van der Waals surface area contributed by atoms with Crippen molar-refractivity contribution in [3.8, 4) is 0 Å². The predicted octanol–water partition coefficient (Wildman–Crippen LogP) is 2.91. The highest BCUT2D eigenvalue weighted by molar-refractivity contribution is 5.18. The molecule has 102 valence electrons. The molecule has 1 N–H and O–H groups in total. The van der Waals surface area contributed by atoms with Crippen LogP contribution in [0.3, 0.4) is 0 Å². The van der Waals surface area contributed by atoms with Gasteiger partial charge in [-0.05, 0) is 43.5 Å². The number of aryl methyl sites for hydroxylation is 1. The van der Waals surface area contributed by atoms with Crippen molar-refractivity contribution in [1.29, 1.82) is 0 Å². The first-order valence-corrected chi connectivity index (χ1v) is 6.33. The molecule has 1 atom stereocenters. The zero-order valence-electron chi connectivity index (χ0n) is 11.0. The molecule has 0 aliphatic rings. The van der Waals surface area contributed by atoms with Crippen molar-refractivity contribution in [2.75, 3.05) is 20.3 Å². The van der Waals surface area contributed by atoms with Crippen molar-refractivity contribution < 1.29 is 13.5 Å². The van der Waals surface area contributed by atoms with Gasteiger partial charge in [-0.25, -0.2) is 8.78 Å². The van der Waals surface area contributed by atoms with Gasteiger partial charge < -0.3 is 10.1 Å². The normalized spacial score (nSPS) is 12.7. The van der Waals surface area contributed by atoms with Gasteiger partial charge in [-0.2, -0.15) is 0 Å². The summed E-state index contributed by atoms with van der Waals surface area (Å²) in [5.74, 6) is -1.04. The average molecular weight is 257 g/mol. The number of hydrogen-bond acceptors (Lipinski definition) is 2. The van der Waals surface area contributed by atoms with E-state index in [2.05, 4.69) is 12.2 Å². The van der Waals surface area contributed by atoms with Gasteiger partial charge in [-0.3, -0.25) is 0 Å². The Hall–Kier alpha value is -1.00. The van der Waals surface area contributed by atoms with E-state index in [0.717, 1.165) is 25.5 Å². The van der Waals surface area contributed by atoms with Gasteiger partial charge in [0, 0.05) is 19.2 Å². The molecule has 1 aromatic carbocycles. The zero-order chi connectivity index (χ0) is 13.4. The molecule has 18 heavy (non-hydrogen) atoms. The lowest BCUT2D eigenvalue weighted by atomic mass is 10.1. The fraction of sp³-hybridized carbons (Fsp3) is 0.571. The van der Waals surface area contributed by atoms with Crippen LogP contribution in [0.1, 0.15) is 25.3 Å². The van der Waals surface area contributed by atoms with Crippen LogP contribution in [0.2, 0.25) is 0 Å². The Morgan fingerprint density at radius 3 is 2.44 bits per heavy atom. The molecule has 0 saturated heterocycles. The Morgan fingerprint density at radius 2 is 1.89 bits per heavy atom. The second-order valence-electron chi connectivity index (χ2n) is 4.42. The van der Waals surface area contributed by atoms with Gasteiger partial charge in [0.25, 0.3) is 0 Å². The quantitative estimate of drug-likeness (QED) is 0.773. The van der Waals surface area contributed by atoms with Gasteiger partial charge >= 0.3 is 0 Å². The van der Waals surface area contributed by atoms with E-state index < -0.39 is 11.6 Å². The third-order valence-corrected chi connectivity index (χ3v) is 2.75. The fourth-order valence-corrected chi connectivity index (χ4v) is 1.89. The highest BCUT2D eigenvalue weighted by Crippen LogP contribution is 2.11. The predicted molar refractivity (Wildman–Crippen MR) is 68.6 cm³/mol. The van der Waals surface area contributed by atoms with Crippen LogP contribution in [-0.2, 0) is 11.2 Å².